The summed E-state index contributed by atoms with van der Waals surface area (Å²) in [6.45, 7) is 1.86. The summed E-state index contributed by atoms with van der Waals surface area (Å²) in [6.07, 6.45) is 2.78. The molecule has 3 heteroatoms. The zero-order valence-electron chi connectivity index (χ0n) is 9.91. The molecule has 90 valence electrons. The molecule has 17 heavy (non-hydrogen) atoms. The van der Waals surface area contributed by atoms with Crippen molar-refractivity contribution in [2.24, 2.45) is 0 Å². The zero-order valence-corrected chi connectivity index (χ0v) is 9.91. The lowest BCUT2D eigenvalue weighted by atomic mass is 9.76. The van der Waals surface area contributed by atoms with E-state index >= 15 is 0 Å². The van der Waals surface area contributed by atoms with Crippen molar-refractivity contribution in [2.45, 2.75) is 30.7 Å². The van der Waals surface area contributed by atoms with E-state index in [2.05, 4.69) is 34.9 Å². The van der Waals surface area contributed by atoms with Crippen molar-refractivity contribution in [2.75, 3.05) is 13.1 Å². The van der Waals surface area contributed by atoms with Gasteiger partial charge in [0.2, 0.25) is 5.91 Å². The number of benzene rings is 1. The molecule has 1 aromatic rings. The maximum absolute atomic E-state index is 11.7. The van der Waals surface area contributed by atoms with E-state index in [9.17, 15) is 4.79 Å². The minimum Gasteiger partial charge on any atom is -0.349 e. The van der Waals surface area contributed by atoms with Crippen molar-refractivity contribution in [3.63, 3.8) is 0 Å². The largest absolute Gasteiger partial charge is 0.349 e. The molecule has 1 amide bonds. The molecule has 1 spiro atoms. The van der Waals surface area contributed by atoms with Crippen LogP contribution in [0.4, 0.5) is 0 Å². The maximum atomic E-state index is 11.7. The maximum Gasteiger partial charge on any atom is 0.220 e. The fraction of sp³-hybridized carbons (Fsp3) is 0.500. The lowest BCUT2D eigenvalue weighted by Gasteiger charge is -2.39. The van der Waals surface area contributed by atoms with Gasteiger partial charge in [0.25, 0.3) is 0 Å². The summed E-state index contributed by atoms with van der Waals surface area (Å²) in [5, 5.41) is 6.68. The number of rotatable bonds is 1. The number of carbonyl (C=O) groups excluding carboxylic acids is 1. The first-order chi connectivity index (χ1) is 8.30. The quantitative estimate of drug-likeness (QED) is 0.766. The molecule has 2 aliphatic rings. The van der Waals surface area contributed by atoms with Gasteiger partial charge in [0, 0.05) is 25.4 Å². The highest BCUT2D eigenvalue weighted by Gasteiger charge is 2.45. The van der Waals surface area contributed by atoms with Gasteiger partial charge in [-0.3, -0.25) is 4.79 Å². The van der Waals surface area contributed by atoms with Crippen LogP contribution >= 0.6 is 0 Å². The van der Waals surface area contributed by atoms with Crippen molar-refractivity contribution in [3.05, 3.63) is 35.9 Å². The predicted octanol–water partition coefficient (Wildman–Crippen LogP) is 1.41. The minimum absolute atomic E-state index is 0.0450. The van der Waals surface area contributed by atoms with Gasteiger partial charge in [-0.25, -0.2) is 0 Å². The first-order valence-electron chi connectivity index (χ1n) is 6.37. The van der Waals surface area contributed by atoms with Gasteiger partial charge >= 0.3 is 0 Å². The molecule has 2 atom stereocenters. The number of hydrogen-bond donors (Lipinski definition) is 2. The average Bonchev–Trinajstić information content (AvgIpc) is 2.73. The molecular formula is C14H18N2O. The molecule has 0 aromatic heterocycles. The number of nitrogens with one attached hydrogen (secondary N) is 2. The van der Waals surface area contributed by atoms with Crippen molar-refractivity contribution in [3.8, 4) is 0 Å². The van der Waals surface area contributed by atoms with Gasteiger partial charge in [-0.05, 0) is 18.4 Å². The standard InChI is InChI=1S/C14H18N2O/c17-13-7-4-8-14(16-13)10-15-9-12(14)11-5-2-1-3-6-11/h1-3,5-6,12,15H,4,7-10H2,(H,16,17)/t12-,14+/m0/s1. The van der Waals surface area contributed by atoms with E-state index in [-0.39, 0.29) is 11.4 Å². The van der Waals surface area contributed by atoms with Gasteiger partial charge in [-0.15, -0.1) is 0 Å². The fourth-order valence-electron chi connectivity index (χ4n) is 3.24. The summed E-state index contributed by atoms with van der Waals surface area (Å²) >= 11 is 0. The van der Waals surface area contributed by atoms with E-state index in [1.807, 2.05) is 6.07 Å². The van der Waals surface area contributed by atoms with Crippen LogP contribution in [-0.4, -0.2) is 24.5 Å². The first-order valence-corrected chi connectivity index (χ1v) is 6.37. The summed E-state index contributed by atoms with van der Waals surface area (Å²) in [5.41, 5.74) is 1.29. The van der Waals surface area contributed by atoms with Gasteiger partial charge in [-0.1, -0.05) is 30.3 Å². The summed E-state index contributed by atoms with van der Waals surface area (Å²) in [4.78, 5) is 11.7. The monoisotopic (exact) mass is 230 g/mol. The first kappa shape index (κ1) is 10.8. The summed E-state index contributed by atoms with van der Waals surface area (Å²) in [7, 11) is 0. The van der Waals surface area contributed by atoms with Gasteiger partial charge in [-0.2, -0.15) is 0 Å². The Bertz CT molecular complexity index is 417. The topological polar surface area (TPSA) is 41.1 Å². The number of hydrogen-bond acceptors (Lipinski definition) is 2. The predicted molar refractivity (Wildman–Crippen MR) is 66.8 cm³/mol. The van der Waals surface area contributed by atoms with Crippen LogP contribution in [0.5, 0.6) is 0 Å². The third kappa shape index (κ3) is 1.84. The van der Waals surface area contributed by atoms with Crippen molar-refractivity contribution in [1.29, 1.82) is 0 Å². The van der Waals surface area contributed by atoms with E-state index < -0.39 is 0 Å². The van der Waals surface area contributed by atoms with Crippen LogP contribution < -0.4 is 10.6 Å². The summed E-state index contributed by atoms with van der Waals surface area (Å²) in [6, 6.07) is 10.5. The smallest absolute Gasteiger partial charge is 0.220 e. The van der Waals surface area contributed by atoms with Crippen LogP contribution in [0.25, 0.3) is 0 Å². The molecule has 0 bridgehead atoms. The van der Waals surface area contributed by atoms with Gasteiger partial charge in [0.15, 0.2) is 0 Å². The van der Waals surface area contributed by atoms with E-state index in [1.54, 1.807) is 0 Å². The van der Waals surface area contributed by atoms with Crippen LogP contribution in [0.3, 0.4) is 0 Å². The molecule has 2 heterocycles. The van der Waals surface area contributed by atoms with E-state index in [0.29, 0.717) is 12.3 Å². The second kappa shape index (κ2) is 4.15. The Morgan fingerprint density at radius 3 is 2.82 bits per heavy atom. The second-order valence-corrected chi connectivity index (χ2v) is 5.15. The molecule has 1 aromatic carbocycles. The van der Waals surface area contributed by atoms with Crippen molar-refractivity contribution >= 4 is 5.91 Å². The number of carbonyl (C=O) groups is 1. The van der Waals surface area contributed by atoms with Gasteiger partial charge in [0.05, 0.1) is 5.54 Å². The van der Waals surface area contributed by atoms with E-state index in [1.165, 1.54) is 5.56 Å². The SMILES string of the molecule is O=C1CCC[C@]2(CNC[C@H]2c2ccccc2)N1. The minimum atomic E-state index is -0.0450. The van der Waals surface area contributed by atoms with Crippen LogP contribution in [0.15, 0.2) is 30.3 Å². The van der Waals surface area contributed by atoms with Crippen LogP contribution in [-0.2, 0) is 4.79 Å². The molecule has 2 saturated heterocycles. The average molecular weight is 230 g/mol. The van der Waals surface area contributed by atoms with Gasteiger partial charge < -0.3 is 10.6 Å². The lowest BCUT2D eigenvalue weighted by molar-refractivity contribution is -0.125. The van der Waals surface area contributed by atoms with Crippen LogP contribution in [0.2, 0.25) is 0 Å². The number of amides is 1. The Hall–Kier alpha value is -1.35. The normalized spacial score (nSPS) is 32.7. The summed E-state index contributed by atoms with van der Waals surface area (Å²) in [5.74, 6) is 0.619. The van der Waals surface area contributed by atoms with Crippen molar-refractivity contribution < 1.29 is 4.79 Å². The van der Waals surface area contributed by atoms with E-state index in [4.69, 9.17) is 0 Å². The molecule has 2 fully saturated rings. The zero-order chi connectivity index (χ0) is 11.7. The highest BCUT2D eigenvalue weighted by atomic mass is 16.1. The molecule has 2 aliphatic heterocycles. The highest BCUT2D eigenvalue weighted by Crippen LogP contribution is 2.37. The molecule has 3 nitrogen and oxygen atoms in total. The Labute approximate surface area is 102 Å². The molecular weight excluding hydrogens is 212 g/mol. The van der Waals surface area contributed by atoms with E-state index in [0.717, 1.165) is 25.9 Å². The fourth-order valence-corrected chi connectivity index (χ4v) is 3.24. The third-order valence-corrected chi connectivity index (χ3v) is 4.07. The second-order valence-electron chi connectivity index (χ2n) is 5.15. The Balaban J connectivity index is 1.91. The molecule has 0 unspecified atom stereocenters. The third-order valence-electron chi connectivity index (χ3n) is 4.07. The number of piperidine rings is 1. The highest BCUT2D eigenvalue weighted by molar-refractivity contribution is 5.78. The van der Waals surface area contributed by atoms with Gasteiger partial charge in [0.1, 0.15) is 0 Å². The Kier molecular flexibility index (Phi) is 2.63. The molecule has 0 saturated carbocycles. The molecule has 0 radical (unpaired) electrons. The molecule has 0 aliphatic carbocycles. The lowest BCUT2D eigenvalue weighted by Crippen LogP contribution is -2.55. The molecule has 2 N–H and O–H groups in total. The molecule has 3 rings (SSSR count). The van der Waals surface area contributed by atoms with Crippen LogP contribution in [0.1, 0.15) is 30.7 Å². The van der Waals surface area contributed by atoms with Crippen LogP contribution in [0, 0.1) is 0 Å². The Morgan fingerprint density at radius 1 is 1.24 bits per heavy atom. The Morgan fingerprint density at radius 2 is 2.06 bits per heavy atom. The summed E-state index contributed by atoms with van der Waals surface area (Å²) < 4.78 is 0. The van der Waals surface area contributed by atoms with Crippen molar-refractivity contribution in [1.82, 2.24) is 10.6 Å².